The van der Waals surface area contributed by atoms with Crippen LogP contribution in [0.5, 0.6) is 0 Å². The van der Waals surface area contributed by atoms with Gasteiger partial charge in [-0.15, -0.1) is 7.92 Å². The zero-order valence-corrected chi connectivity index (χ0v) is 14.3. The molecule has 1 fully saturated rings. The van der Waals surface area contributed by atoms with Crippen LogP contribution in [0, 0.1) is 5.92 Å². The summed E-state index contributed by atoms with van der Waals surface area (Å²) < 4.78 is 0. The van der Waals surface area contributed by atoms with Crippen LogP contribution < -0.4 is 0 Å². The largest absolute Gasteiger partial charge is 0.154 e. The Hall–Kier alpha value is 0. The number of thioether (sulfide) groups is 1. The van der Waals surface area contributed by atoms with Crippen molar-refractivity contribution in [1.82, 2.24) is 0 Å². The summed E-state index contributed by atoms with van der Waals surface area (Å²) in [4.78, 5) is 0. The highest BCUT2D eigenvalue weighted by molar-refractivity contribution is 8.00. The van der Waals surface area contributed by atoms with E-state index in [-0.39, 0.29) is 0 Å². The third kappa shape index (κ3) is 4.50. The van der Waals surface area contributed by atoms with Gasteiger partial charge in [0.1, 0.15) is 0 Å². The summed E-state index contributed by atoms with van der Waals surface area (Å²) in [6.45, 7) is 2.45. The Balaban J connectivity index is 1.37. The van der Waals surface area contributed by atoms with Gasteiger partial charge >= 0.3 is 0 Å². The quantitative estimate of drug-likeness (QED) is 0.470. The third-order valence-electron chi connectivity index (χ3n) is 4.79. The second-order valence-electron chi connectivity index (χ2n) is 6.54. The van der Waals surface area contributed by atoms with Crippen LogP contribution in [0.1, 0.15) is 38.5 Å². The van der Waals surface area contributed by atoms with E-state index >= 15 is 0 Å². The van der Waals surface area contributed by atoms with Gasteiger partial charge < -0.3 is 0 Å². The van der Waals surface area contributed by atoms with Crippen LogP contribution in [-0.2, 0) is 0 Å². The van der Waals surface area contributed by atoms with E-state index in [1.807, 2.05) is 0 Å². The van der Waals surface area contributed by atoms with E-state index in [1.54, 1.807) is 5.57 Å². The second-order valence-corrected chi connectivity index (χ2v) is 10.4. The van der Waals surface area contributed by atoms with Crippen molar-refractivity contribution in [3.63, 3.8) is 0 Å². The molecule has 1 aliphatic heterocycles. The first kappa shape index (κ1) is 14.9. The van der Waals surface area contributed by atoms with Crippen LogP contribution in [0.25, 0.3) is 0 Å². The van der Waals surface area contributed by atoms with Crippen LogP contribution in [0.4, 0.5) is 0 Å². The minimum Gasteiger partial charge on any atom is -0.154 e. The molecule has 0 aromatic rings. The van der Waals surface area contributed by atoms with Crippen LogP contribution in [0.2, 0.25) is 0 Å². The second kappa shape index (κ2) is 7.32. The van der Waals surface area contributed by atoms with Gasteiger partial charge in [-0.2, -0.15) is 11.8 Å². The van der Waals surface area contributed by atoms with Gasteiger partial charge in [-0.25, -0.2) is 0 Å². The van der Waals surface area contributed by atoms with Gasteiger partial charge in [0.05, 0.1) is 0 Å². The van der Waals surface area contributed by atoms with E-state index in [4.69, 9.17) is 0 Å². The molecular weight excluding hydrogens is 279 g/mol. The fourth-order valence-electron chi connectivity index (χ4n) is 3.17. The molecule has 3 atom stereocenters. The first-order valence-electron chi connectivity index (χ1n) is 8.15. The Kier molecular flexibility index (Phi) is 5.46. The number of rotatable bonds is 5. The van der Waals surface area contributed by atoms with Gasteiger partial charge in [-0.1, -0.05) is 36.0 Å². The van der Waals surface area contributed by atoms with Crippen molar-refractivity contribution in [2.24, 2.45) is 5.92 Å². The predicted molar refractivity (Wildman–Crippen MR) is 95.3 cm³/mol. The molecule has 3 rings (SSSR count). The topological polar surface area (TPSA) is 0 Å². The molecule has 0 aromatic carbocycles. The van der Waals surface area contributed by atoms with Crippen molar-refractivity contribution in [1.29, 1.82) is 0 Å². The monoisotopic (exact) mass is 306 g/mol. The fraction of sp³-hybridized carbons (Fsp3) is 0.667. The zero-order chi connectivity index (χ0) is 13.8. The molecule has 0 saturated carbocycles. The Morgan fingerprint density at radius 3 is 2.60 bits per heavy atom. The molecule has 2 aliphatic carbocycles. The van der Waals surface area contributed by atoms with E-state index in [9.17, 15) is 0 Å². The molecule has 0 bridgehead atoms. The molecule has 110 valence electrons. The van der Waals surface area contributed by atoms with Crippen molar-refractivity contribution in [3.05, 3.63) is 36.0 Å². The van der Waals surface area contributed by atoms with E-state index in [0.717, 1.165) is 16.8 Å². The Morgan fingerprint density at radius 2 is 2.00 bits per heavy atom. The lowest BCUT2D eigenvalue weighted by molar-refractivity contribution is 0.521. The standard InChI is InChI=1S/C18H27PS/c1-19-13-17(19)12-15-8-10-18(11-9-15)20-14-16-6-4-2-3-5-7-16/h2-3,8-10,16-18H,4-7,11-14H2,1H3. The summed E-state index contributed by atoms with van der Waals surface area (Å²) in [6, 6.07) is 0. The van der Waals surface area contributed by atoms with Crippen molar-refractivity contribution in [3.8, 4) is 0 Å². The Morgan fingerprint density at radius 1 is 1.25 bits per heavy atom. The lowest BCUT2D eigenvalue weighted by Crippen LogP contribution is -2.09. The van der Waals surface area contributed by atoms with Gasteiger partial charge in [-0.05, 0) is 68.7 Å². The summed E-state index contributed by atoms with van der Waals surface area (Å²) in [6.07, 6.45) is 21.8. The number of hydrogen-bond donors (Lipinski definition) is 0. The van der Waals surface area contributed by atoms with Crippen LogP contribution in [0.3, 0.4) is 0 Å². The van der Waals surface area contributed by atoms with E-state index < -0.39 is 0 Å². The van der Waals surface area contributed by atoms with Crippen molar-refractivity contribution >= 4 is 19.7 Å². The molecule has 1 saturated heterocycles. The Labute approximate surface area is 129 Å². The highest BCUT2D eigenvalue weighted by atomic mass is 32.2. The highest BCUT2D eigenvalue weighted by Gasteiger charge is 2.32. The van der Waals surface area contributed by atoms with Gasteiger partial charge in [0, 0.05) is 5.25 Å². The fourth-order valence-corrected chi connectivity index (χ4v) is 6.15. The molecule has 0 N–H and O–H groups in total. The summed E-state index contributed by atoms with van der Waals surface area (Å²) >= 11 is 2.20. The smallest absolute Gasteiger partial charge is 0.0265 e. The zero-order valence-electron chi connectivity index (χ0n) is 12.6. The molecule has 3 unspecified atom stereocenters. The lowest BCUT2D eigenvalue weighted by atomic mass is 10.0. The van der Waals surface area contributed by atoms with E-state index in [0.29, 0.717) is 7.92 Å². The molecule has 0 radical (unpaired) electrons. The minimum absolute atomic E-state index is 0.426. The maximum Gasteiger partial charge on any atom is 0.0265 e. The first-order valence-corrected chi connectivity index (χ1v) is 11.2. The minimum atomic E-state index is 0.426. The highest BCUT2D eigenvalue weighted by Crippen LogP contribution is 2.58. The molecule has 0 aromatic heterocycles. The average Bonchev–Trinajstić information content (AvgIpc) is 3.21. The average molecular weight is 306 g/mol. The predicted octanol–water partition coefficient (Wildman–Crippen LogP) is 5.60. The van der Waals surface area contributed by atoms with Gasteiger partial charge in [-0.3, -0.25) is 0 Å². The van der Waals surface area contributed by atoms with E-state index in [2.05, 4.69) is 48.8 Å². The number of hydrogen-bond acceptors (Lipinski definition) is 1. The summed E-state index contributed by atoms with van der Waals surface area (Å²) in [5.41, 5.74) is 2.68. The molecule has 0 nitrogen and oxygen atoms in total. The summed E-state index contributed by atoms with van der Waals surface area (Å²) in [7, 11) is 0.426. The lowest BCUT2D eigenvalue weighted by Gasteiger charge is -2.19. The molecule has 0 spiro atoms. The first-order chi connectivity index (χ1) is 9.81. The molecule has 2 heteroatoms. The molecular formula is C18H27PS. The van der Waals surface area contributed by atoms with Gasteiger partial charge in [0.15, 0.2) is 0 Å². The molecule has 0 amide bonds. The maximum atomic E-state index is 2.52. The SMILES string of the molecule is CP1CC1CC1=CCC(SCC2CCC=CCC2)C=C1. The van der Waals surface area contributed by atoms with Gasteiger partial charge in [0.2, 0.25) is 0 Å². The van der Waals surface area contributed by atoms with Crippen molar-refractivity contribution in [2.45, 2.75) is 49.4 Å². The third-order valence-corrected chi connectivity index (χ3v) is 8.39. The van der Waals surface area contributed by atoms with Crippen molar-refractivity contribution in [2.75, 3.05) is 18.6 Å². The molecule has 1 heterocycles. The normalized spacial score (nSPS) is 33.9. The summed E-state index contributed by atoms with van der Waals surface area (Å²) in [5, 5.41) is 0.748. The Bertz CT molecular complexity index is 400. The van der Waals surface area contributed by atoms with Crippen LogP contribution >= 0.6 is 19.7 Å². The van der Waals surface area contributed by atoms with Gasteiger partial charge in [0.25, 0.3) is 0 Å². The maximum absolute atomic E-state index is 2.52. The number of allylic oxidation sites excluding steroid dienone is 5. The summed E-state index contributed by atoms with van der Waals surface area (Å²) in [5.74, 6) is 2.31. The molecule has 3 aliphatic rings. The van der Waals surface area contributed by atoms with Crippen molar-refractivity contribution < 1.29 is 0 Å². The molecule has 20 heavy (non-hydrogen) atoms. The van der Waals surface area contributed by atoms with Crippen LogP contribution in [0.15, 0.2) is 36.0 Å². The van der Waals surface area contributed by atoms with Crippen LogP contribution in [-0.4, -0.2) is 29.5 Å². The van der Waals surface area contributed by atoms with E-state index in [1.165, 1.54) is 50.4 Å².